The molecular formula is C15H16FN3O3. The Balaban J connectivity index is 1.74. The smallest absolute Gasteiger partial charge is 0.275 e. The van der Waals surface area contributed by atoms with Crippen molar-refractivity contribution in [1.82, 2.24) is 15.1 Å². The minimum atomic E-state index is -0.511. The van der Waals surface area contributed by atoms with Gasteiger partial charge in [-0.05, 0) is 25.0 Å². The maximum atomic E-state index is 13.7. The second-order valence-corrected chi connectivity index (χ2v) is 5.10. The van der Waals surface area contributed by atoms with Crippen LogP contribution in [-0.2, 0) is 4.74 Å². The Bertz CT molecular complexity index is 680. The molecule has 22 heavy (non-hydrogen) atoms. The number of halogens is 1. The molecule has 2 aromatic rings. The van der Waals surface area contributed by atoms with Gasteiger partial charge in [-0.15, -0.1) is 0 Å². The molecule has 1 amide bonds. The number of rotatable bonds is 4. The zero-order chi connectivity index (χ0) is 15.5. The van der Waals surface area contributed by atoms with Crippen molar-refractivity contribution in [2.45, 2.75) is 18.9 Å². The van der Waals surface area contributed by atoms with Crippen molar-refractivity contribution >= 4 is 5.91 Å². The molecular weight excluding hydrogens is 289 g/mol. The Kier molecular flexibility index (Phi) is 4.06. The largest absolute Gasteiger partial charge is 0.504 e. The minimum absolute atomic E-state index is 0.000235. The SMILES string of the molecule is O=C(NC[C@H]1CCCO1)c1nn(-c2ccccc2F)cc1O. The van der Waals surface area contributed by atoms with E-state index in [2.05, 4.69) is 10.4 Å². The van der Waals surface area contributed by atoms with Crippen molar-refractivity contribution < 1.29 is 19.0 Å². The van der Waals surface area contributed by atoms with Gasteiger partial charge in [0.2, 0.25) is 0 Å². The standard InChI is InChI=1S/C15H16FN3O3/c16-11-5-1-2-6-12(11)19-9-13(20)14(18-19)15(21)17-8-10-4-3-7-22-10/h1-2,5-6,9-10,20H,3-4,7-8H2,(H,17,21)/t10-/m1/s1. The quantitative estimate of drug-likeness (QED) is 0.900. The molecule has 1 aromatic heterocycles. The molecule has 0 saturated carbocycles. The van der Waals surface area contributed by atoms with Crippen LogP contribution in [0.4, 0.5) is 4.39 Å². The molecule has 7 heteroatoms. The first kappa shape index (κ1) is 14.5. The van der Waals surface area contributed by atoms with Gasteiger partial charge in [0.05, 0.1) is 12.3 Å². The number of ether oxygens (including phenoxy) is 1. The molecule has 1 aliphatic rings. The van der Waals surface area contributed by atoms with Crippen LogP contribution in [0.1, 0.15) is 23.3 Å². The maximum absolute atomic E-state index is 13.7. The molecule has 1 atom stereocenters. The lowest BCUT2D eigenvalue weighted by Gasteiger charge is -2.09. The van der Waals surface area contributed by atoms with Crippen LogP contribution in [0.15, 0.2) is 30.5 Å². The lowest BCUT2D eigenvalue weighted by atomic mass is 10.2. The highest BCUT2D eigenvalue weighted by Crippen LogP contribution is 2.20. The van der Waals surface area contributed by atoms with Gasteiger partial charge in [-0.3, -0.25) is 4.79 Å². The summed E-state index contributed by atoms with van der Waals surface area (Å²) in [6, 6.07) is 5.99. The summed E-state index contributed by atoms with van der Waals surface area (Å²) >= 11 is 0. The molecule has 116 valence electrons. The molecule has 0 unspecified atom stereocenters. The van der Waals surface area contributed by atoms with Gasteiger partial charge in [-0.25, -0.2) is 9.07 Å². The Labute approximate surface area is 126 Å². The molecule has 0 radical (unpaired) electrons. The summed E-state index contributed by atoms with van der Waals surface area (Å²) in [5.74, 6) is -1.30. The Hall–Kier alpha value is -2.41. The minimum Gasteiger partial charge on any atom is -0.504 e. The molecule has 2 heterocycles. The van der Waals surface area contributed by atoms with Crippen molar-refractivity contribution in [1.29, 1.82) is 0 Å². The molecule has 6 nitrogen and oxygen atoms in total. The van der Waals surface area contributed by atoms with E-state index in [0.29, 0.717) is 13.2 Å². The highest BCUT2D eigenvalue weighted by molar-refractivity contribution is 5.94. The average Bonchev–Trinajstić information content (AvgIpc) is 3.15. The molecule has 2 N–H and O–H groups in total. The van der Waals surface area contributed by atoms with E-state index < -0.39 is 11.7 Å². The van der Waals surface area contributed by atoms with Gasteiger partial charge in [-0.2, -0.15) is 5.10 Å². The fourth-order valence-electron chi connectivity index (χ4n) is 2.38. The van der Waals surface area contributed by atoms with E-state index in [-0.39, 0.29) is 23.2 Å². The van der Waals surface area contributed by atoms with Gasteiger partial charge in [0.1, 0.15) is 11.5 Å². The number of para-hydroxylation sites is 1. The number of hydrogen-bond donors (Lipinski definition) is 2. The van der Waals surface area contributed by atoms with E-state index >= 15 is 0 Å². The summed E-state index contributed by atoms with van der Waals surface area (Å²) in [5.41, 5.74) is 0.0252. The zero-order valence-corrected chi connectivity index (χ0v) is 11.8. The van der Waals surface area contributed by atoms with Crippen LogP contribution in [0.2, 0.25) is 0 Å². The monoisotopic (exact) mass is 305 g/mol. The maximum Gasteiger partial charge on any atom is 0.275 e. The number of carbonyl (C=O) groups is 1. The Morgan fingerprint density at radius 1 is 1.50 bits per heavy atom. The fourth-order valence-corrected chi connectivity index (χ4v) is 2.38. The van der Waals surface area contributed by atoms with Gasteiger partial charge in [0.15, 0.2) is 11.4 Å². The Morgan fingerprint density at radius 3 is 3.05 bits per heavy atom. The van der Waals surface area contributed by atoms with E-state index in [9.17, 15) is 14.3 Å². The van der Waals surface area contributed by atoms with E-state index in [1.807, 2.05) is 0 Å². The van der Waals surface area contributed by atoms with Gasteiger partial charge >= 0.3 is 0 Å². The first-order valence-electron chi connectivity index (χ1n) is 7.08. The van der Waals surface area contributed by atoms with Crippen molar-refractivity contribution in [3.05, 3.63) is 42.0 Å². The number of amides is 1. The predicted octanol–water partition coefficient (Wildman–Crippen LogP) is 1.63. The lowest BCUT2D eigenvalue weighted by molar-refractivity contribution is 0.0851. The summed E-state index contributed by atoms with van der Waals surface area (Å²) in [5, 5.41) is 16.5. The molecule has 1 aliphatic heterocycles. The zero-order valence-electron chi connectivity index (χ0n) is 11.8. The predicted molar refractivity (Wildman–Crippen MR) is 76.5 cm³/mol. The third kappa shape index (κ3) is 2.94. The van der Waals surface area contributed by atoms with E-state index in [4.69, 9.17) is 4.74 Å². The van der Waals surface area contributed by atoms with Crippen LogP contribution in [0.3, 0.4) is 0 Å². The van der Waals surface area contributed by atoms with Crippen LogP contribution in [-0.4, -0.2) is 40.0 Å². The summed E-state index contributed by atoms with van der Waals surface area (Å²) in [6.45, 7) is 1.07. The van der Waals surface area contributed by atoms with Crippen molar-refractivity contribution in [3.8, 4) is 11.4 Å². The molecule has 3 rings (SSSR count). The Morgan fingerprint density at radius 2 is 2.32 bits per heavy atom. The first-order chi connectivity index (χ1) is 10.6. The lowest BCUT2D eigenvalue weighted by Crippen LogP contribution is -2.32. The molecule has 1 aromatic carbocycles. The number of aromatic nitrogens is 2. The molecule has 0 bridgehead atoms. The van der Waals surface area contributed by atoms with Crippen molar-refractivity contribution in [2.75, 3.05) is 13.2 Å². The number of carbonyl (C=O) groups excluding carboxylic acids is 1. The van der Waals surface area contributed by atoms with Crippen LogP contribution >= 0.6 is 0 Å². The molecule has 1 fully saturated rings. The number of nitrogens with zero attached hydrogens (tertiary/aromatic N) is 2. The number of nitrogens with one attached hydrogen (secondary N) is 1. The molecule has 1 saturated heterocycles. The summed E-state index contributed by atoms with van der Waals surface area (Å²) in [4.78, 5) is 12.1. The van der Waals surface area contributed by atoms with Gasteiger partial charge in [0, 0.05) is 13.2 Å². The summed E-state index contributed by atoms with van der Waals surface area (Å²) in [6.07, 6.45) is 3.09. The van der Waals surface area contributed by atoms with Crippen LogP contribution in [0.5, 0.6) is 5.75 Å². The third-order valence-corrected chi connectivity index (χ3v) is 3.52. The van der Waals surface area contributed by atoms with Gasteiger partial charge in [0.25, 0.3) is 5.91 Å². The highest BCUT2D eigenvalue weighted by Gasteiger charge is 2.21. The average molecular weight is 305 g/mol. The van der Waals surface area contributed by atoms with Gasteiger partial charge in [-0.1, -0.05) is 12.1 Å². The van der Waals surface area contributed by atoms with Crippen molar-refractivity contribution in [2.24, 2.45) is 0 Å². The van der Waals surface area contributed by atoms with E-state index in [0.717, 1.165) is 17.5 Å². The van der Waals surface area contributed by atoms with Crippen LogP contribution < -0.4 is 5.32 Å². The fraction of sp³-hybridized carbons (Fsp3) is 0.333. The normalized spacial score (nSPS) is 17.6. The number of benzene rings is 1. The second kappa shape index (κ2) is 6.15. The number of hydrogen-bond acceptors (Lipinski definition) is 4. The second-order valence-electron chi connectivity index (χ2n) is 5.10. The molecule has 0 aliphatic carbocycles. The van der Waals surface area contributed by atoms with Gasteiger partial charge < -0.3 is 15.2 Å². The van der Waals surface area contributed by atoms with E-state index in [1.54, 1.807) is 12.1 Å². The van der Waals surface area contributed by atoms with E-state index in [1.165, 1.54) is 18.3 Å². The first-order valence-corrected chi connectivity index (χ1v) is 7.08. The highest BCUT2D eigenvalue weighted by atomic mass is 19.1. The third-order valence-electron chi connectivity index (χ3n) is 3.52. The summed E-state index contributed by atoms with van der Waals surface area (Å²) in [7, 11) is 0. The molecule has 0 spiro atoms. The van der Waals surface area contributed by atoms with Crippen LogP contribution in [0, 0.1) is 5.82 Å². The van der Waals surface area contributed by atoms with Crippen LogP contribution in [0.25, 0.3) is 5.69 Å². The van der Waals surface area contributed by atoms with Crippen molar-refractivity contribution in [3.63, 3.8) is 0 Å². The number of aromatic hydroxyl groups is 1. The summed E-state index contributed by atoms with van der Waals surface area (Å²) < 4.78 is 20.3. The topological polar surface area (TPSA) is 76.4 Å².